The van der Waals surface area contributed by atoms with Crippen LogP contribution in [0, 0.1) is 0 Å². The van der Waals surface area contributed by atoms with E-state index in [1.165, 1.54) is 7.05 Å². The van der Waals surface area contributed by atoms with Crippen molar-refractivity contribution in [3.05, 3.63) is 29.8 Å². The molecule has 0 radical (unpaired) electrons. The maximum atomic E-state index is 11.9. The van der Waals surface area contributed by atoms with Crippen molar-refractivity contribution in [2.45, 2.75) is 11.8 Å². The Morgan fingerprint density at radius 3 is 2.83 bits per heavy atom. The number of hydrogen-bond acceptors (Lipinski definition) is 4. The summed E-state index contributed by atoms with van der Waals surface area (Å²) in [7, 11) is -1.83. The van der Waals surface area contributed by atoms with E-state index in [1.807, 2.05) is 24.3 Å². The Labute approximate surface area is 108 Å². The monoisotopic (exact) mass is 269 g/mol. The van der Waals surface area contributed by atoms with Crippen LogP contribution in [0.15, 0.2) is 24.3 Å². The summed E-state index contributed by atoms with van der Waals surface area (Å²) in [5, 5.41) is 3.27. The lowest BCUT2D eigenvalue weighted by atomic mass is 9.81. The van der Waals surface area contributed by atoms with Gasteiger partial charge in [-0.3, -0.25) is 0 Å². The number of sulfonamides is 1. The molecule has 18 heavy (non-hydrogen) atoms. The van der Waals surface area contributed by atoms with Crippen molar-refractivity contribution >= 4 is 15.7 Å². The minimum absolute atomic E-state index is 0.0672. The number of anilines is 1. The standard InChI is InChI=1S/C12H19N3O2S/c1-14-18(16,17)9-12(6-7-13)8-15-11-5-3-2-4-10(11)12/h2-5,14-15H,6-9,13H2,1H3. The van der Waals surface area contributed by atoms with E-state index in [4.69, 9.17) is 5.73 Å². The molecular formula is C12H19N3O2S. The lowest BCUT2D eigenvalue weighted by Gasteiger charge is -2.28. The number of nitrogens with one attached hydrogen (secondary N) is 2. The van der Waals surface area contributed by atoms with Gasteiger partial charge in [0, 0.05) is 17.6 Å². The number of para-hydroxylation sites is 1. The average molecular weight is 269 g/mol. The summed E-state index contributed by atoms with van der Waals surface area (Å²) in [5.74, 6) is 0.0672. The van der Waals surface area contributed by atoms with Gasteiger partial charge in [0.05, 0.1) is 5.75 Å². The first kappa shape index (κ1) is 13.3. The van der Waals surface area contributed by atoms with Crippen molar-refractivity contribution in [1.29, 1.82) is 0 Å². The highest BCUT2D eigenvalue weighted by molar-refractivity contribution is 7.89. The number of hydrogen-bond donors (Lipinski definition) is 3. The lowest BCUT2D eigenvalue weighted by molar-refractivity contribution is 0.475. The Hall–Kier alpha value is -1.11. The fourth-order valence-electron chi connectivity index (χ4n) is 2.60. The molecule has 0 amide bonds. The zero-order chi connectivity index (χ0) is 13.2. The van der Waals surface area contributed by atoms with Gasteiger partial charge in [-0.2, -0.15) is 0 Å². The second-order valence-electron chi connectivity index (χ2n) is 4.68. The topological polar surface area (TPSA) is 84.2 Å². The molecule has 0 bridgehead atoms. The van der Waals surface area contributed by atoms with Crippen LogP contribution in [0.5, 0.6) is 0 Å². The first-order valence-electron chi connectivity index (χ1n) is 5.98. The molecule has 1 aliphatic rings. The van der Waals surface area contributed by atoms with Crippen LogP contribution in [0.3, 0.4) is 0 Å². The normalized spacial score (nSPS) is 22.6. The van der Waals surface area contributed by atoms with E-state index in [9.17, 15) is 8.42 Å². The number of rotatable bonds is 5. The van der Waals surface area contributed by atoms with Gasteiger partial charge in [-0.15, -0.1) is 0 Å². The zero-order valence-corrected chi connectivity index (χ0v) is 11.3. The van der Waals surface area contributed by atoms with Crippen LogP contribution in [-0.4, -0.2) is 34.3 Å². The summed E-state index contributed by atoms with van der Waals surface area (Å²) in [6.45, 7) is 1.08. The van der Waals surface area contributed by atoms with Crippen LogP contribution >= 0.6 is 0 Å². The average Bonchev–Trinajstić information content (AvgIpc) is 2.69. The molecule has 4 N–H and O–H groups in total. The van der Waals surface area contributed by atoms with Crippen LogP contribution < -0.4 is 15.8 Å². The molecule has 0 saturated carbocycles. The van der Waals surface area contributed by atoms with Gasteiger partial charge in [-0.05, 0) is 31.6 Å². The van der Waals surface area contributed by atoms with Crippen molar-refractivity contribution in [1.82, 2.24) is 4.72 Å². The van der Waals surface area contributed by atoms with Crippen LogP contribution in [0.1, 0.15) is 12.0 Å². The molecule has 1 aromatic carbocycles. The van der Waals surface area contributed by atoms with Gasteiger partial charge < -0.3 is 11.1 Å². The lowest BCUT2D eigenvalue weighted by Crippen LogP contribution is -2.41. The Balaban J connectivity index is 2.41. The highest BCUT2D eigenvalue weighted by Crippen LogP contribution is 2.39. The molecule has 2 rings (SSSR count). The molecule has 0 aliphatic carbocycles. The zero-order valence-electron chi connectivity index (χ0n) is 10.4. The minimum Gasteiger partial charge on any atom is -0.384 e. The Kier molecular flexibility index (Phi) is 3.61. The van der Waals surface area contributed by atoms with Gasteiger partial charge in [0.2, 0.25) is 10.0 Å². The van der Waals surface area contributed by atoms with Gasteiger partial charge in [0.1, 0.15) is 0 Å². The predicted octanol–water partition coefficient (Wildman–Crippen LogP) is 0.248. The van der Waals surface area contributed by atoms with Gasteiger partial charge >= 0.3 is 0 Å². The van der Waals surface area contributed by atoms with Crippen molar-refractivity contribution in [2.75, 3.05) is 31.2 Å². The van der Waals surface area contributed by atoms with E-state index >= 15 is 0 Å². The molecule has 0 saturated heterocycles. The van der Waals surface area contributed by atoms with Gasteiger partial charge in [-0.1, -0.05) is 18.2 Å². The molecule has 1 heterocycles. The Bertz CT molecular complexity index is 526. The van der Waals surface area contributed by atoms with Crippen LogP contribution in [0.2, 0.25) is 0 Å². The van der Waals surface area contributed by atoms with Crippen LogP contribution in [-0.2, 0) is 15.4 Å². The Morgan fingerprint density at radius 2 is 2.17 bits per heavy atom. The molecule has 0 fully saturated rings. The van der Waals surface area contributed by atoms with E-state index in [0.717, 1.165) is 11.3 Å². The second kappa shape index (κ2) is 4.87. The third-order valence-corrected chi connectivity index (χ3v) is 5.07. The Morgan fingerprint density at radius 1 is 1.44 bits per heavy atom. The fraction of sp³-hybridized carbons (Fsp3) is 0.500. The van der Waals surface area contributed by atoms with Gasteiger partial charge in [0.25, 0.3) is 0 Å². The molecule has 1 aliphatic heterocycles. The second-order valence-corrected chi connectivity index (χ2v) is 6.61. The van der Waals surface area contributed by atoms with E-state index in [-0.39, 0.29) is 5.75 Å². The molecule has 6 heteroatoms. The van der Waals surface area contributed by atoms with Gasteiger partial charge in [-0.25, -0.2) is 13.1 Å². The molecule has 5 nitrogen and oxygen atoms in total. The highest BCUT2D eigenvalue weighted by Gasteiger charge is 2.41. The number of benzene rings is 1. The van der Waals surface area contributed by atoms with E-state index in [1.54, 1.807) is 0 Å². The van der Waals surface area contributed by atoms with E-state index in [2.05, 4.69) is 10.0 Å². The largest absolute Gasteiger partial charge is 0.384 e. The maximum absolute atomic E-state index is 11.9. The molecule has 0 aromatic heterocycles. The molecule has 1 aromatic rings. The first-order valence-corrected chi connectivity index (χ1v) is 7.63. The fourth-order valence-corrected chi connectivity index (χ4v) is 3.87. The molecule has 0 spiro atoms. The van der Waals surface area contributed by atoms with Gasteiger partial charge in [0.15, 0.2) is 0 Å². The quantitative estimate of drug-likeness (QED) is 0.715. The molecular weight excluding hydrogens is 250 g/mol. The SMILES string of the molecule is CNS(=O)(=O)CC1(CCN)CNc2ccccc21. The smallest absolute Gasteiger partial charge is 0.212 e. The highest BCUT2D eigenvalue weighted by atomic mass is 32.2. The van der Waals surface area contributed by atoms with Crippen LogP contribution in [0.4, 0.5) is 5.69 Å². The number of nitrogens with two attached hydrogens (primary N) is 1. The predicted molar refractivity (Wildman–Crippen MR) is 73.1 cm³/mol. The molecule has 100 valence electrons. The molecule has 1 unspecified atom stereocenters. The third kappa shape index (κ3) is 2.36. The summed E-state index contributed by atoms with van der Waals surface area (Å²) in [5.41, 5.74) is 7.31. The van der Waals surface area contributed by atoms with E-state index in [0.29, 0.717) is 19.5 Å². The van der Waals surface area contributed by atoms with Crippen LogP contribution in [0.25, 0.3) is 0 Å². The van der Waals surface area contributed by atoms with Crippen molar-refractivity contribution < 1.29 is 8.42 Å². The molecule has 1 atom stereocenters. The summed E-state index contributed by atoms with van der Waals surface area (Å²) < 4.78 is 26.1. The summed E-state index contributed by atoms with van der Waals surface area (Å²) in [6.07, 6.45) is 0.651. The first-order chi connectivity index (χ1) is 8.53. The van der Waals surface area contributed by atoms with E-state index < -0.39 is 15.4 Å². The summed E-state index contributed by atoms with van der Waals surface area (Å²) in [4.78, 5) is 0. The third-order valence-electron chi connectivity index (χ3n) is 3.52. The maximum Gasteiger partial charge on any atom is 0.212 e. The van der Waals surface area contributed by atoms with Crippen molar-refractivity contribution in [2.24, 2.45) is 5.73 Å². The number of fused-ring (bicyclic) bond motifs is 1. The summed E-state index contributed by atoms with van der Waals surface area (Å²) >= 11 is 0. The van der Waals surface area contributed by atoms with Crippen molar-refractivity contribution in [3.63, 3.8) is 0 Å². The van der Waals surface area contributed by atoms with Crippen molar-refractivity contribution in [3.8, 4) is 0 Å². The summed E-state index contributed by atoms with van der Waals surface area (Å²) in [6, 6.07) is 7.83. The minimum atomic E-state index is -3.27.